The molecule has 21 heavy (non-hydrogen) atoms. The highest BCUT2D eigenvalue weighted by Gasteiger charge is 2.05. The van der Waals surface area contributed by atoms with Crippen molar-refractivity contribution in [3.8, 4) is 11.5 Å². The maximum atomic E-state index is 11.3. The Balaban J connectivity index is 2.01. The minimum atomic E-state index is -0.316. The first kappa shape index (κ1) is 14.9. The van der Waals surface area contributed by atoms with Crippen molar-refractivity contribution in [1.29, 1.82) is 0 Å². The first-order valence-electron chi connectivity index (χ1n) is 6.69. The maximum absolute atomic E-state index is 11.3. The zero-order chi connectivity index (χ0) is 15.1. The van der Waals surface area contributed by atoms with E-state index in [0.717, 1.165) is 11.3 Å². The molecule has 0 aliphatic rings. The Hall–Kier alpha value is -2.53. The van der Waals surface area contributed by atoms with Gasteiger partial charge in [-0.25, -0.2) is 5.84 Å². The van der Waals surface area contributed by atoms with E-state index < -0.39 is 0 Å². The number of carbonyl (C=O) groups excluding carboxylic acids is 1. The van der Waals surface area contributed by atoms with E-state index in [1.54, 1.807) is 12.1 Å². The van der Waals surface area contributed by atoms with E-state index in [4.69, 9.17) is 15.3 Å². The molecular formula is C16H18N2O3. The lowest BCUT2D eigenvalue weighted by Gasteiger charge is -2.11. The second-order valence-electron chi connectivity index (χ2n) is 4.34. The number of hydrazine groups is 1. The first-order chi connectivity index (χ1) is 10.2. The first-order valence-corrected chi connectivity index (χ1v) is 6.69. The summed E-state index contributed by atoms with van der Waals surface area (Å²) in [6.07, 6.45) is 0. The van der Waals surface area contributed by atoms with Gasteiger partial charge >= 0.3 is 0 Å². The van der Waals surface area contributed by atoms with Crippen LogP contribution in [-0.4, -0.2) is 12.5 Å². The van der Waals surface area contributed by atoms with Crippen LogP contribution in [0.4, 0.5) is 0 Å². The Morgan fingerprint density at radius 3 is 2.24 bits per heavy atom. The van der Waals surface area contributed by atoms with E-state index in [2.05, 4.69) is 5.43 Å². The van der Waals surface area contributed by atoms with Crippen LogP contribution in [0, 0.1) is 0 Å². The predicted octanol–water partition coefficient (Wildman–Crippen LogP) is 2.27. The molecule has 110 valence electrons. The van der Waals surface area contributed by atoms with Crippen molar-refractivity contribution in [2.24, 2.45) is 5.84 Å². The molecule has 0 saturated carbocycles. The molecule has 0 unspecified atom stereocenters. The third kappa shape index (κ3) is 3.97. The number of para-hydroxylation sites is 2. The van der Waals surface area contributed by atoms with E-state index in [1.165, 1.54) is 0 Å². The molecule has 3 N–H and O–H groups in total. The largest absolute Gasteiger partial charge is 0.490 e. The number of hydrogen-bond donors (Lipinski definition) is 2. The maximum Gasteiger partial charge on any atom is 0.265 e. The molecule has 1 amide bonds. The van der Waals surface area contributed by atoms with Gasteiger partial charge in [-0.15, -0.1) is 0 Å². The van der Waals surface area contributed by atoms with Crippen LogP contribution in [0.5, 0.6) is 11.5 Å². The number of amides is 1. The number of nitrogens with one attached hydrogen (secondary N) is 1. The zero-order valence-corrected chi connectivity index (χ0v) is 11.8. The molecule has 2 aromatic carbocycles. The van der Waals surface area contributed by atoms with Gasteiger partial charge in [-0.3, -0.25) is 10.2 Å². The van der Waals surface area contributed by atoms with Crippen LogP contribution in [0.15, 0.2) is 48.5 Å². The second-order valence-corrected chi connectivity index (χ2v) is 4.34. The third-order valence-electron chi connectivity index (χ3n) is 2.89. The molecule has 0 heterocycles. The molecule has 0 aliphatic carbocycles. The smallest absolute Gasteiger partial charge is 0.265 e. The molecule has 0 saturated heterocycles. The summed E-state index contributed by atoms with van der Waals surface area (Å²) in [5, 5.41) is 0. The minimum Gasteiger partial charge on any atom is -0.490 e. The number of rotatable bonds is 6. The molecule has 5 heteroatoms. The van der Waals surface area contributed by atoms with Crippen LogP contribution < -0.4 is 20.7 Å². The average molecular weight is 286 g/mol. The highest BCUT2D eigenvalue weighted by molar-refractivity contribution is 5.93. The number of benzene rings is 2. The molecule has 0 aromatic heterocycles. The van der Waals surface area contributed by atoms with E-state index in [1.807, 2.05) is 43.3 Å². The van der Waals surface area contributed by atoms with Gasteiger partial charge in [-0.1, -0.05) is 24.3 Å². The summed E-state index contributed by atoms with van der Waals surface area (Å²) in [5.74, 6) is 6.19. The second kappa shape index (κ2) is 7.31. The summed E-state index contributed by atoms with van der Waals surface area (Å²) in [6.45, 7) is 2.91. The predicted molar refractivity (Wildman–Crippen MR) is 80.0 cm³/mol. The normalized spacial score (nSPS) is 10.0. The topological polar surface area (TPSA) is 73.6 Å². The number of hydrogen-bond acceptors (Lipinski definition) is 4. The number of carbonyl (C=O) groups is 1. The van der Waals surface area contributed by atoms with Crippen molar-refractivity contribution < 1.29 is 14.3 Å². The van der Waals surface area contributed by atoms with Crippen molar-refractivity contribution in [2.75, 3.05) is 6.61 Å². The average Bonchev–Trinajstić information content (AvgIpc) is 2.54. The molecule has 2 aromatic rings. The molecule has 0 bridgehead atoms. The van der Waals surface area contributed by atoms with Crippen LogP contribution in [0.2, 0.25) is 0 Å². The van der Waals surface area contributed by atoms with Gasteiger partial charge in [-0.2, -0.15) is 0 Å². The SMILES string of the molecule is CCOc1ccccc1OCc1ccc(C(=O)NN)cc1. The lowest BCUT2D eigenvalue weighted by molar-refractivity contribution is 0.0953. The van der Waals surface area contributed by atoms with E-state index >= 15 is 0 Å². The number of ether oxygens (including phenoxy) is 2. The van der Waals surface area contributed by atoms with Crippen LogP contribution in [0.25, 0.3) is 0 Å². The van der Waals surface area contributed by atoms with Gasteiger partial charge in [-0.05, 0) is 36.8 Å². The van der Waals surface area contributed by atoms with Crippen molar-refractivity contribution in [2.45, 2.75) is 13.5 Å². The molecule has 0 radical (unpaired) electrons. The highest BCUT2D eigenvalue weighted by atomic mass is 16.5. The Morgan fingerprint density at radius 2 is 1.67 bits per heavy atom. The number of nitrogen functional groups attached to an aromatic ring is 1. The Morgan fingerprint density at radius 1 is 1.05 bits per heavy atom. The summed E-state index contributed by atoms with van der Waals surface area (Å²) in [4.78, 5) is 11.3. The van der Waals surface area contributed by atoms with Gasteiger partial charge in [0, 0.05) is 5.56 Å². The molecule has 0 atom stereocenters. The monoisotopic (exact) mass is 286 g/mol. The minimum absolute atomic E-state index is 0.316. The fraction of sp³-hybridized carbons (Fsp3) is 0.188. The van der Waals surface area contributed by atoms with Crippen LogP contribution in [0.3, 0.4) is 0 Å². The van der Waals surface area contributed by atoms with Crippen LogP contribution >= 0.6 is 0 Å². The lowest BCUT2D eigenvalue weighted by atomic mass is 10.1. The lowest BCUT2D eigenvalue weighted by Crippen LogP contribution is -2.29. The summed E-state index contributed by atoms with van der Waals surface area (Å²) in [5.41, 5.74) is 3.56. The van der Waals surface area contributed by atoms with Crippen LogP contribution in [0.1, 0.15) is 22.8 Å². The Bertz CT molecular complexity index is 597. The number of nitrogens with two attached hydrogens (primary N) is 1. The van der Waals surface area contributed by atoms with Crippen molar-refractivity contribution >= 4 is 5.91 Å². The van der Waals surface area contributed by atoms with E-state index in [-0.39, 0.29) is 5.91 Å². The van der Waals surface area contributed by atoms with Gasteiger partial charge in [0.1, 0.15) is 6.61 Å². The fourth-order valence-electron chi connectivity index (χ4n) is 1.84. The molecule has 0 fully saturated rings. The van der Waals surface area contributed by atoms with Gasteiger partial charge < -0.3 is 9.47 Å². The summed E-state index contributed by atoms with van der Waals surface area (Å²) < 4.78 is 11.3. The van der Waals surface area contributed by atoms with Crippen LogP contribution in [-0.2, 0) is 6.61 Å². The highest BCUT2D eigenvalue weighted by Crippen LogP contribution is 2.27. The Labute approximate surface area is 123 Å². The Kier molecular flexibility index (Phi) is 5.17. The summed E-state index contributed by atoms with van der Waals surface area (Å²) in [7, 11) is 0. The fourth-order valence-corrected chi connectivity index (χ4v) is 1.84. The van der Waals surface area contributed by atoms with Gasteiger partial charge in [0.15, 0.2) is 11.5 Å². The molecule has 2 rings (SSSR count). The third-order valence-corrected chi connectivity index (χ3v) is 2.89. The standard InChI is InChI=1S/C16H18N2O3/c1-2-20-14-5-3-4-6-15(14)21-11-12-7-9-13(10-8-12)16(19)18-17/h3-10H,2,11,17H2,1H3,(H,18,19). The van der Waals surface area contributed by atoms with Gasteiger partial charge in [0.25, 0.3) is 5.91 Å². The molecular weight excluding hydrogens is 268 g/mol. The van der Waals surface area contributed by atoms with E-state index in [9.17, 15) is 4.79 Å². The van der Waals surface area contributed by atoms with Crippen molar-refractivity contribution in [3.63, 3.8) is 0 Å². The molecule has 5 nitrogen and oxygen atoms in total. The quantitative estimate of drug-likeness (QED) is 0.485. The summed E-state index contributed by atoms with van der Waals surface area (Å²) >= 11 is 0. The van der Waals surface area contributed by atoms with Crippen molar-refractivity contribution in [3.05, 3.63) is 59.7 Å². The summed E-state index contributed by atoms with van der Waals surface area (Å²) in [6, 6.07) is 14.6. The van der Waals surface area contributed by atoms with Gasteiger partial charge in [0.05, 0.1) is 6.61 Å². The zero-order valence-electron chi connectivity index (χ0n) is 11.8. The van der Waals surface area contributed by atoms with Gasteiger partial charge in [0.2, 0.25) is 0 Å². The van der Waals surface area contributed by atoms with Crippen molar-refractivity contribution in [1.82, 2.24) is 5.43 Å². The van der Waals surface area contributed by atoms with E-state index in [0.29, 0.717) is 24.5 Å². The molecule has 0 spiro atoms. The molecule has 0 aliphatic heterocycles.